The van der Waals surface area contributed by atoms with Crippen LogP contribution >= 0.6 is 0 Å². The Labute approximate surface area is 127 Å². The quantitative estimate of drug-likeness (QED) is 0.654. The predicted octanol–water partition coefficient (Wildman–Crippen LogP) is 1.64. The van der Waals surface area contributed by atoms with Crippen LogP contribution in [0.3, 0.4) is 0 Å². The molecule has 1 amide bonds. The third kappa shape index (κ3) is 2.59. The third-order valence-corrected chi connectivity index (χ3v) is 3.95. The van der Waals surface area contributed by atoms with Gasteiger partial charge < -0.3 is 15.3 Å². The van der Waals surface area contributed by atoms with E-state index in [-0.39, 0.29) is 11.9 Å². The first-order chi connectivity index (χ1) is 10.6. The van der Waals surface area contributed by atoms with Gasteiger partial charge in [-0.1, -0.05) is 12.1 Å². The minimum atomic E-state index is -1.16. The molecule has 1 aromatic rings. The number of para-hydroxylation sites is 1. The van der Waals surface area contributed by atoms with Gasteiger partial charge >= 0.3 is 5.97 Å². The van der Waals surface area contributed by atoms with Gasteiger partial charge in [-0.3, -0.25) is 14.4 Å². The number of allylic oxidation sites excluding steroid dienone is 1. The molecule has 1 unspecified atom stereocenters. The van der Waals surface area contributed by atoms with Crippen LogP contribution in [0.1, 0.15) is 29.6 Å². The van der Waals surface area contributed by atoms with Crippen LogP contribution in [0.15, 0.2) is 36.0 Å². The molecule has 1 aromatic carbocycles. The highest BCUT2D eigenvalue weighted by Crippen LogP contribution is 2.32. The van der Waals surface area contributed by atoms with Crippen molar-refractivity contribution in [1.82, 2.24) is 4.90 Å². The van der Waals surface area contributed by atoms with Crippen LogP contribution in [0, 0.1) is 0 Å². The van der Waals surface area contributed by atoms with E-state index in [2.05, 4.69) is 5.32 Å². The van der Waals surface area contributed by atoms with Crippen LogP contribution in [0.5, 0.6) is 0 Å². The van der Waals surface area contributed by atoms with E-state index >= 15 is 0 Å². The molecule has 1 saturated heterocycles. The summed E-state index contributed by atoms with van der Waals surface area (Å²) in [5, 5.41) is 11.9. The Morgan fingerprint density at radius 3 is 2.91 bits per heavy atom. The van der Waals surface area contributed by atoms with Crippen molar-refractivity contribution in [3.8, 4) is 0 Å². The fourth-order valence-corrected chi connectivity index (χ4v) is 3.01. The number of carbonyl (C=O) groups excluding carboxylic acids is 2. The Balaban J connectivity index is 2.00. The molecule has 0 saturated carbocycles. The largest absolute Gasteiger partial charge is 0.481 e. The number of rotatable bonds is 3. The first-order valence-corrected chi connectivity index (χ1v) is 7.19. The maximum atomic E-state index is 12.6. The summed E-state index contributed by atoms with van der Waals surface area (Å²) >= 11 is 0. The lowest BCUT2D eigenvalue weighted by Crippen LogP contribution is -2.36. The van der Waals surface area contributed by atoms with Crippen molar-refractivity contribution in [2.75, 3.05) is 11.9 Å². The number of anilines is 1. The molecule has 0 spiro atoms. The van der Waals surface area contributed by atoms with Gasteiger partial charge in [-0.15, -0.1) is 0 Å². The number of hydrogen-bond acceptors (Lipinski definition) is 4. The van der Waals surface area contributed by atoms with Crippen LogP contribution in [0.4, 0.5) is 5.69 Å². The van der Waals surface area contributed by atoms with Gasteiger partial charge in [-0.2, -0.15) is 0 Å². The molecule has 0 radical (unpaired) electrons. The molecule has 1 atom stereocenters. The summed E-state index contributed by atoms with van der Waals surface area (Å²) in [7, 11) is 0. The third-order valence-electron chi connectivity index (χ3n) is 3.95. The Bertz CT molecular complexity index is 680. The van der Waals surface area contributed by atoms with Crippen LogP contribution < -0.4 is 5.32 Å². The van der Waals surface area contributed by atoms with E-state index < -0.39 is 18.2 Å². The molecule has 6 heteroatoms. The van der Waals surface area contributed by atoms with Gasteiger partial charge in [0, 0.05) is 18.3 Å². The van der Waals surface area contributed by atoms with Gasteiger partial charge in [0.1, 0.15) is 6.42 Å². The SMILES string of the molecule is O=C(O)CC(=O)C=C1Nc2ccccc2C(=O)N2CCCC12. The summed E-state index contributed by atoms with van der Waals surface area (Å²) in [6, 6.07) is 6.95. The lowest BCUT2D eigenvalue weighted by atomic mass is 10.1. The van der Waals surface area contributed by atoms with Gasteiger partial charge in [0.2, 0.25) is 0 Å². The number of carbonyl (C=O) groups is 3. The van der Waals surface area contributed by atoms with E-state index in [4.69, 9.17) is 5.11 Å². The minimum Gasteiger partial charge on any atom is -0.481 e. The Morgan fingerprint density at radius 1 is 1.36 bits per heavy atom. The molecule has 2 N–H and O–H groups in total. The number of amides is 1. The average Bonchev–Trinajstić information content (AvgIpc) is 2.91. The number of hydrogen-bond donors (Lipinski definition) is 2. The van der Waals surface area contributed by atoms with Crippen molar-refractivity contribution in [3.63, 3.8) is 0 Å². The topological polar surface area (TPSA) is 86.7 Å². The number of nitrogens with one attached hydrogen (secondary N) is 1. The van der Waals surface area contributed by atoms with Crippen molar-refractivity contribution in [1.29, 1.82) is 0 Å². The first kappa shape index (κ1) is 14.3. The van der Waals surface area contributed by atoms with Crippen molar-refractivity contribution in [3.05, 3.63) is 41.6 Å². The number of carboxylic acid groups (broad SMARTS) is 1. The lowest BCUT2D eigenvalue weighted by Gasteiger charge is -2.23. The predicted molar refractivity (Wildman–Crippen MR) is 79.5 cm³/mol. The number of nitrogens with zero attached hydrogens (tertiary/aromatic N) is 1. The fraction of sp³-hybridized carbons (Fsp3) is 0.312. The average molecular weight is 300 g/mol. The number of benzene rings is 1. The second kappa shape index (κ2) is 5.63. The molecule has 6 nitrogen and oxygen atoms in total. The highest BCUT2D eigenvalue weighted by molar-refractivity contribution is 6.04. The standard InChI is InChI=1S/C16H16N2O4/c19-10(9-15(20)21)8-13-14-6-3-7-18(14)16(22)11-4-1-2-5-12(11)17-13/h1-2,4-5,8,14,17H,3,6-7,9H2,(H,20,21). The summed E-state index contributed by atoms with van der Waals surface area (Å²) in [4.78, 5) is 36.8. The van der Waals surface area contributed by atoms with Gasteiger partial charge in [-0.25, -0.2) is 0 Å². The van der Waals surface area contributed by atoms with E-state index in [1.54, 1.807) is 23.1 Å². The summed E-state index contributed by atoms with van der Waals surface area (Å²) in [6.45, 7) is 0.643. The van der Waals surface area contributed by atoms with E-state index in [1.807, 2.05) is 6.07 Å². The molecule has 22 heavy (non-hydrogen) atoms. The first-order valence-electron chi connectivity index (χ1n) is 7.19. The van der Waals surface area contributed by atoms with Crippen molar-refractivity contribution >= 4 is 23.3 Å². The number of fused-ring (bicyclic) bond motifs is 2. The zero-order valence-corrected chi connectivity index (χ0v) is 11.9. The highest BCUT2D eigenvalue weighted by atomic mass is 16.4. The van der Waals surface area contributed by atoms with E-state index in [1.165, 1.54) is 6.08 Å². The Morgan fingerprint density at radius 2 is 2.14 bits per heavy atom. The molecule has 114 valence electrons. The fourth-order valence-electron chi connectivity index (χ4n) is 3.01. The van der Waals surface area contributed by atoms with Crippen molar-refractivity contribution in [2.24, 2.45) is 0 Å². The second-order valence-corrected chi connectivity index (χ2v) is 5.46. The van der Waals surface area contributed by atoms with Gasteiger partial charge in [-0.05, 0) is 25.0 Å². The molecule has 2 aliphatic rings. The van der Waals surface area contributed by atoms with Crippen molar-refractivity contribution in [2.45, 2.75) is 25.3 Å². The molecule has 0 aliphatic carbocycles. The van der Waals surface area contributed by atoms with E-state index in [0.29, 0.717) is 23.5 Å². The summed E-state index contributed by atoms with van der Waals surface area (Å²) in [5.74, 6) is -1.69. The maximum absolute atomic E-state index is 12.6. The Kier molecular flexibility index (Phi) is 3.66. The molecular formula is C16H16N2O4. The molecule has 2 heterocycles. The van der Waals surface area contributed by atoms with Gasteiger partial charge in [0.15, 0.2) is 5.78 Å². The van der Waals surface area contributed by atoms with E-state index in [0.717, 1.165) is 12.8 Å². The minimum absolute atomic E-state index is 0.0558. The van der Waals surface area contributed by atoms with Crippen LogP contribution in [-0.2, 0) is 9.59 Å². The van der Waals surface area contributed by atoms with Crippen LogP contribution in [0.2, 0.25) is 0 Å². The zero-order chi connectivity index (χ0) is 15.7. The number of carboxylic acids is 1. The maximum Gasteiger partial charge on any atom is 0.311 e. The number of ketones is 1. The molecule has 0 bridgehead atoms. The summed E-state index contributed by atoms with van der Waals surface area (Å²) in [6.07, 6.45) is 2.41. The Hall–Kier alpha value is -2.63. The lowest BCUT2D eigenvalue weighted by molar-refractivity contribution is -0.139. The molecular weight excluding hydrogens is 284 g/mol. The normalized spacial score (nSPS) is 21.8. The van der Waals surface area contributed by atoms with Crippen LogP contribution in [0.25, 0.3) is 0 Å². The molecule has 0 aromatic heterocycles. The monoisotopic (exact) mass is 300 g/mol. The summed E-state index contributed by atoms with van der Waals surface area (Å²) in [5.41, 5.74) is 1.82. The highest BCUT2D eigenvalue weighted by Gasteiger charge is 2.36. The number of aliphatic carboxylic acids is 1. The smallest absolute Gasteiger partial charge is 0.311 e. The van der Waals surface area contributed by atoms with Gasteiger partial charge in [0.05, 0.1) is 17.3 Å². The van der Waals surface area contributed by atoms with Crippen LogP contribution in [-0.4, -0.2) is 40.3 Å². The van der Waals surface area contributed by atoms with Crippen molar-refractivity contribution < 1.29 is 19.5 Å². The zero-order valence-electron chi connectivity index (χ0n) is 11.9. The molecule has 2 aliphatic heterocycles. The molecule has 1 fully saturated rings. The summed E-state index contributed by atoms with van der Waals surface area (Å²) < 4.78 is 0. The molecule has 3 rings (SSSR count). The van der Waals surface area contributed by atoms with E-state index in [9.17, 15) is 14.4 Å². The van der Waals surface area contributed by atoms with Gasteiger partial charge in [0.25, 0.3) is 5.91 Å². The second-order valence-electron chi connectivity index (χ2n) is 5.46.